The molecule has 0 heterocycles. The summed E-state index contributed by atoms with van der Waals surface area (Å²) in [5.41, 5.74) is 0.0129. The fourth-order valence-corrected chi connectivity index (χ4v) is 1.99. The summed E-state index contributed by atoms with van der Waals surface area (Å²) in [5.74, 6) is -0.215. The van der Waals surface area contributed by atoms with Gasteiger partial charge in [0.2, 0.25) is 0 Å². The molecule has 0 aliphatic rings. The van der Waals surface area contributed by atoms with E-state index in [0.29, 0.717) is 25.8 Å². The van der Waals surface area contributed by atoms with Crippen LogP contribution < -0.4 is 15.4 Å². The van der Waals surface area contributed by atoms with Gasteiger partial charge in [0, 0.05) is 13.1 Å². The summed E-state index contributed by atoms with van der Waals surface area (Å²) in [4.78, 5) is 11.7. The number of aliphatic hydroxyl groups is 1. The van der Waals surface area contributed by atoms with Gasteiger partial charge in [-0.25, -0.2) is 9.18 Å². The normalized spacial score (nSPS) is 11.1. The summed E-state index contributed by atoms with van der Waals surface area (Å²) in [6.45, 7) is 4.39. The van der Waals surface area contributed by atoms with E-state index in [2.05, 4.69) is 10.6 Å². The van der Waals surface area contributed by atoms with Crippen LogP contribution in [0.4, 0.5) is 9.18 Å². The van der Waals surface area contributed by atoms with Crippen molar-refractivity contribution in [1.29, 1.82) is 0 Å². The van der Waals surface area contributed by atoms with Crippen LogP contribution in [-0.4, -0.2) is 36.9 Å². The van der Waals surface area contributed by atoms with Crippen LogP contribution in [-0.2, 0) is 6.42 Å². The number of amides is 2. The van der Waals surface area contributed by atoms with E-state index in [1.54, 1.807) is 12.1 Å². The zero-order chi connectivity index (χ0) is 16.6. The fourth-order valence-electron chi connectivity index (χ4n) is 1.99. The number of urea groups is 1. The lowest BCUT2D eigenvalue weighted by atomic mass is 9.98. The highest BCUT2D eigenvalue weighted by Gasteiger charge is 2.22. The third kappa shape index (κ3) is 5.52. The van der Waals surface area contributed by atoms with E-state index in [9.17, 15) is 14.3 Å². The van der Waals surface area contributed by atoms with E-state index in [4.69, 9.17) is 4.74 Å². The van der Waals surface area contributed by atoms with Crippen molar-refractivity contribution in [2.24, 2.45) is 0 Å². The number of hydrogen-bond acceptors (Lipinski definition) is 3. The van der Waals surface area contributed by atoms with Crippen LogP contribution in [0.1, 0.15) is 32.3 Å². The van der Waals surface area contributed by atoms with Crippen LogP contribution in [0.3, 0.4) is 0 Å². The lowest BCUT2D eigenvalue weighted by Crippen LogP contribution is -2.46. The number of ether oxygens (including phenoxy) is 1. The Hall–Kier alpha value is -1.82. The van der Waals surface area contributed by atoms with Crippen molar-refractivity contribution in [3.8, 4) is 5.75 Å². The zero-order valence-electron chi connectivity index (χ0n) is 13.4. The number of hydrogen-bond donors (Lipinski definition) is 3. The minimum atomic E-state index is -0.859. The molecular weight excluding hydrogens is 287 g/mol. The molecule has 0 unspecified atom stereocenters. The standard InChI is InChI=1S/C16H25FN2O3/c1-4-16(21,5-2)11-19-15(20)18-9-8-12-6-7-13(17)14(10-12)22-3/h6-7,10,21H,4-5,8-9,11H2,1-3H3,(H2,18,19,20). The summed E-state index contributed by atoms with van der Waals surface area (Å²) in [6, 6.07) is 4.29. The van der Waals surface area contributed by atoms with Gasteiger partial charge in [-0.05, 0) is 37.0 Å². The number of carbonyl (C=O) groups is 1. The van der Waals surface area contributed by atoms with Gasteiger partial charge in [0.05, 0.1) is 12.7 Å². The fraction of sp³-hybridized carbons (Fsp3) is 0.562. The van der Waals surface area contributed by atoms with Crippen molar-refractivity contribution in [3.05, 3.63) is 29.6 Å². The smallest absolute Gasteiger partial charge is 0.314 e. The molecule has 1 aromatic carbocycles. The van der Waals surface area contributed by atoms with Crippen LogP contribution in [0.15, 0.2) is 18.2 Å². The van der Waals surface area contributed by atoms with E-state index in [1.165, 1.54) is 13.2 Å². The van der Waals surface area contributed by atoms with Crippen LogP contribution >= 0.6 is 0 Å². The molecule has 3 N–H and O–H groups in total. The SMILES string of the molecule is CCC(O)(CC)CNC(=O)NCCc1ccc(F)c(OC)c1. The Balaban J connectivity index is 2.36. The molecule has 0 saturated heterocycles. The molecule has 22 heavy (non-hydrogen) atoms. The van der Waals surface area contributed by atoms with Gasteiger partial charge in [0.25, 0.3) is 0 Å². The molecule has 0 bridgehead atoms. The third-order valence-electron chi connectivity index (χ3n) is 3.81. The number of nitrogens with one attached hydrogen (secondary N) is 2. The van der Waals surface area contributed by atoms with Crippen molar-refractivity contribution in [3.63, 3.8) is 0 Å². The second-order valence-corrected chi connectivity index (χ2v) is 5.26. The first kappa shape index (κ1) is 18.2. The van der Waals surface area contributed by atoms with Gasteiger partial charge < -0.3 is 20.5 Å². The number of carbonyl (C=O) groups excluding carboxylic acids is 1. The molecule has 0 aliphatic heterocycles. The maximum Gasteiger partial charge on any atom is 0.314 e. The highest BCUT2D eigenvalue weighted by atomic mass is 19.1. The lowest BCUT2D eigenvalue weighted by molar-refractivity contribution is 0.0349. The Morgan fingerprint density at radius 2 is 2.00 bits per heavy atom. The quantitative estimate of drug-likeness (QED) is 0.689. The van der Waals surface area contributed by atoms with E-state index < -0.39 is 11.4 Å². The van der Waals surface area contributed by atoms with Crippen molar-refractivity contribution in [1.82, 2.24) is 10.6 Å². The largest absolute Gasteiger partial charge is 0.494 e. The van der Waals surface area contributed by atoms with Gasteiger partial charge in [-0.15, -0.1) is 0 Å². The molecule has 2 amide bonds. The minimum Gasteiger partial charge on any atom is -0.494 e. The summed E-state index contributed by atoms with van der Waals surface area (Å²) >= 11 is 0. The monoisotopic (exact) mass is 312 g/mol. The van der Waals surface area contributed by atoms with Gasteiger partial charge in [0.15, 0.2) is 11.6 Å². The number of benzene rings is 1. The molecule has 0 atom stereocenters. The van der Waals surface area contributed by atoms with Crippen molar-refractivity contribution in [2.45, 2.75) is 38.7 Å². The molecule has 5 nitrogen and oxygen atoms in total. The summed E-state index contributed by atoms with van der Waals surface area (Å²) in [6.07, 6.45) is 1.73. The number of methoxy groups -OCH3 is 1. The van der Waals surface area contributed by atoms with Crippen LogP contribution in [0.5, 0.6) is 5.75 Å². The number of rotatable bonds is 8. The molecule has 1 rings (SSSR count). The highest BCUT2D eigenvalue weighted by molar-refractivity contribution is 5.73. The number of halogens is 1. The molecule has 0 aliphatic carbocycles. The minimum absolute atomic E-state index is 0.193. The second-order valence-electron chi connectivity index (χ2n) is 5.26. The first-order valence-corrected chi connectivity index (χ1v) is 7.50. The average molecular weight is 312 g/mol. The first-order valence-electron chi connectivity index (χ1n) is 7.50. The van der Waals surface area contributed by atoms with Gasteiger partial charge in [-0.1, -0.05) is 19.9 Å². The third-order valence-corrected chi connectivity index (χ3v) is 3.81. The Kier molecular flexibility index (Phi) is 7.11. The summed E-state index contributed by atoms with van der Waals surface area (Å²) < 4.78 is 18.2. The molecule has 6 heteroatoms. The summed E-state index contributed by atoms with van der Waals surface area (Å²) in [7, 11) is 1.41. The Labute approximate surface area is 130 Å². The average Bonchev–Trinajstić information content (AvgIpc) is 2.54. The lowest BCUT2D eigenvalue weighted by Gasteiger charge is -2.25. The highest BCUT2D eigenvalue weighted by Crippen LogP contribution is 2.18. The molecule has 0 fully saturated rings. The predicted octanol–water partition coefficient (Wildman–Crippen LogP) is 2.23. The van der Waals surface area contributed by atoms with E-state index in [1.807, 2.05) is 13.8 Å². The maximum atomic E-state index is 13.3. The Morgan fingerprint density at radius 1 is 1.32 bits per heavy atom. The molecule has 0 aromatic heterocycles. The van der Waals surface area contributed by atoms with Crippen LogP contribution in [0.25, 0.3) is 0 Å². The van der Waals surface area contributed by atoms with Crippen molar-refractivity contribution < 1.29 is 19.0 Å². The molecule has 0 saturated carbocycles. The zero-order valence-corrected chi connectivity index (χ0v) is 13.4. The van der Waals surface area contributed by atoms with E-state index in [0.717, 1.165) is 5.56 Å². The van der Waals surface area contributed by atoms with E-state index in [-0.39, 0.29) is 18.3 Å². The van der Waals surface area contributed by atoms with Gasteiger partial charge in [0.1, 0.15) is 0 Å². The first-order chi connectivity index (χ1) is 10.4. The molecule has 0 radical (unpaired) electrons. The molecular formula is C16H25FN2O3. The maximum absolute atomic E-state index is 13.3. The van der Waals surface area contributed by atoms with Gasteiger partial charge >= 0.3 is 6.03 Å². The molecule has 124 valence electrons. The van der Waals surface area contributed by atoms with E-state index >= 15 is 0 Å². The van der Waals surface area contributed by atoms with Crippen molar-refractivity contribution >= 4 is 6.03 Å². The van der Waals surface area contributed by atoms with Crippen molar-refractivity contribution in [2.75, 3.05) is 20.2 Å². The Bertz CT molecular complexity index is 490. The topological polar surface area (TPSA) is 70.6 Å². The molecule has 0 spiro atoms. The Morgan fingerprint density at radius 3 is 2.59 bits per heavy atom. The van der Waals surface area contributed by atoms with Crippen LogP contribution in [0, 0.1) is 5.82 Å². The second kappa shape index (κ2) is 8.58. The molecule has 1 aromatic rings. The van der Waals surface area contributed by atoms with Gasteiger partial charge in [-0.2, -0.15) is 0 Å². The van der Waals surface area contributed by atoms with Gasteiger partial charge in [-0.3, -0.25) is 0 Å². The van der Waals surface area contributed by atoms with Crippen LogP contribution in [0.2, 0.25) is 0 Å². The predicted molar refractivity (Wildman–Crippen MR) is 83.6 cm³/mol. The summed E-state index contributed by atoms with van der Waals surface area (Å²) in [5, 5.41) is 15.4.